The molecule has 8 N–H and O–H groups in total. The second kappa shape index (κ2) is 63.5. The third kappa shape index (κ3) is 43.5. The SMILES string of the molecule is CC(=O)Nc1ncc(CN(C)CCCc2ccccc2)s1.CC(=O)Nc1ncc(CN(C)CCCc2ccccc2)s1.CC(=O)Nc1ncc(CN2CCC(C)CC2)s1.CC(=O)Nc1ncc(CN2CCC(c3ccccc3)CC2)s1.CC(=O)Nc1ncc(CN2CCN(c3ccccc3)CC2)s1.CNC(=O)Nc1ncc(CN2CCC(c3ccccc3)CC2)s1.COc1ccc(C2CCN(Cc3cnc(NC(C)=O)s3)CC2)cc1. The number of aromatic nitrogens is 7. The number of amides is 8. The normalized spacial score (nSPS) is 14.9. The van der Waals surface area contributed by atoms with E-state index in [9.17, 15) is 33.6 Å². The molecule has 38 heteroatoms. The summed E-state index contributed by atoms with van der Waals surface area (Å²) in [5, 5.41) is 26.4. The second-order valence-electron chi connectivity index (χ2n) is 38.2. The van der Waals surface area contributed by atoms with Gasteiger partial charge in [-0.2, -0.15) is 0 Å². The van der Waals surface area contributed by atoms with Crippen molar-refractivity contribution in [2.24, 2.45) is 5.92 Å². The summed E-state index contributed by atoms with van der Waals surface area (Å²) in [6.45, 7) is 32.9. The molecule has 5 saturated heterocycles. The van der Waals surface area contributed by atoms with Crippen LogP contribution in [0.2, 0.25) is 0 Å². The van der Waals surface area contributed by atoms with Crippen LogP contribution in [0.15, 0.2) is 219 Å². The van der Waals surface area contributed by atoms with Gasteiger partial charge in [-0.1, -0.05) is 159 Å². The number of anilines is 8. The molecule has 0 radical (unpaired) electrons. The average Bonchev–Trinajstić information content (AvgIpc) is 1.56. The Labute approximate surface area is 912 Å². The van der Waals surface area contributed by atoms with E-state index in [1.165, 1.54) is 196 Å². The van der Waals surface area contributed by atoms with Crippen LogP contribution in [0.25, 0.3) is 0 Å². The van der Waals surface area contributed by atoms with Gasteiger partial charge in [-0.3, -0.25) is 58.6 Å². The Morgan fingerprint density at radius 3 is 0.860 bits per heavy atom. The number of nitrogens with zero attached hydrogens (tertiary/aromatic N) is 15. The first-order valence-corrected chi connectivity index (χ1v) is 57.3. The fourth-order valence-corrected chi connectivity index (χ4v) is 24.3. The molecule has 0 bridgehead atoms. The average molecular weight is 2170 g/mol. The Hall–Kier alpha value is -11.9. The molecule has 12 heterocycles. The van der Waals surface area contributed by atoms with Gasteiger partial charge in [0.25, 0.3) is 0 Å². The van der Waals surface area contributed by atoms with E-state index in [-0.39, 0.29) is 41.5 Å². The van der Waals surface area contributed by atoms with E-state index in [0.29, 0.717) is 53.7 Å². The molecule has 0 unspecified atom stereocenters. The number of piperidine rings is 4. The zero-order chi connectivity index (χ0) is 106. The van der Waals surface area contributed by atoms with Crippen molar-refractivity contribution in [1.82, 2.24) is 74.5 Å². The van der Waals surface area contributed by atoms with E-state index in [4.69, 9.17) is 4.74 Å². The number of aryl methyl sites for hydroxylation is 2. The number of nitrogens with one attached hydrogen (secondary N) is 8. The van der Waals surface area contributed by atoms with E-state index in [2.05, 4.69) is 289 Å². The Balaban J connectivity index is 0.000000155. The molecular weight excluding hydrogens is 2020 g/mol. The van der Waals surface area contributed by atoms with Crippen molar-refractivity contribution in [1.29, 1.82) is 0 Å². The van der Waals surface area contributed by atoms with Gasteiger partial charge in [-0.05, 0) is 232 Å². The van der Waals surface area contributed by atoms with E-state index >= 15 is 0 Å². The van der Waals surface area contributed by atoms with Crippen LogP contribution >= 0.6 is 79.4 Å². The predicted molar refractivity (Wildman–Crippen MR) is 616 cm³/mol. The summed E-state index contributed by atoms with van der Waals surface area (Å²) in [5.74, 6) is 3.35. The molecule has 0 atom stereocenters. The van der Waals surface area contributed by atoms with Crippen LogP contribution in [0, 0.1) is 5.92 Å². The van der Waals surface area contributed by atoms with Crippen LogP contribution in [0.3, 0.4) is 0 Å². The third-order valence-electron chi connectivity index (χ3n) is 25.7. The number of ether oxygens (including phenoxy) is 1. The summed E-state index contributed by atoms with van der Waals surface area (Å²) in [7, 11) is 7.52. The number of likely N-dealkylation sites (tertiary alicyclic amines) is 4. The number of benzene rings is 6. The topological polar surface area (TPSA) is 341 Å². The smallest absolute Gasteiger partial charge is 0.320 e. The first kappa shape index (κ1) is 117. The molecule has 5 aliphatic heterocycles. The summed E-state index contributed by atoms with van der Waals surface area (Å²) >= 11 is 10.9. The maximum absolute atomic E-state index is 11.3. The monoisotopic (exact) mass is 2170 g/mol. The molecule has 7 aromatic heterocycles. The highest BCUT2D eigenvalue weighted by molar-refractivity contribution is 7.17. The largest absolute Gasteiger partial charge is 0.497 e. The summed E-state index contributed by atoms with van der Waals surface area (Å²) in [4.78, 5) is 134. The van der Waals surface area contributed by atoms with Gasteiger partial charge in [0.15, 0.2) is 35.9 Å². The van der Waals surface area contributed by atoms with E-state index in [1.54, 1.807) is 70.8 Å². The highest BCUT2D eigenvalue weighted by atomic mass is 32.1. The Kier molecular flexibility index (Phi) is 49.4. The van der Waals surface area contributed by atoms with Crippen LogP contribution < -0.4 is 52.2 Å². The zero-order valence-electron chi connectivity index (χ0n) is 88.3. The second-order valence-corrected chi connectivity index (χ2v) is 46.0. The van der Waals surface area contributed by atoms with Gasteiger partial charge < -0.3 is 56.7 Å². The van der Waals surface area contributed by atoms with Crippen molar-refractivity contribution in [2.75, 3.05) is 162 Å². The zero-order valence-corrected chi connectivity index (χ0v) is 94.0. The number of hydrogen-bond acceptors (Lipinski definition) is 30. The maximum Gasteiger partial charge on any atom is 0.320 e. The fraction of sp³-hybridized carbons (Fsp3) is 0.429. The Morgan fingerprint density at radius 2 is 0.573 bits per heavy atom. The number of piperazine rings is 1. The molecule has 6 aromatic carbocycles. The van der Waals surface area contributed by atoms with Crippen molar-refractivity contribution in [2.45, 2.75) is 189 Å². The minimum atomic E-state index is -0.227. The van der Waals surface area contributed by atoms with E-state index in [0.717, 1.165) is 162 Å². The van der Waals surface area contributed by atoms with Crippen LogP contribution in [0.4, 0.5) is 46.4 Å². The van der Waals surface area contributed by atoms with Crippen LogP contribution in [-0.2, 0) is 87.4 Å². The number of hydrogen-bond donors (Lipinski definition) is 8. The fourth-order valence-electron chi connectivity index (χ4n) is 17.9. The van der Waals surface area contributed by atoms with Crippen molar-refractivity contribution >= 4 is 162 Å². The summed E-state index contributed by atoms with van der Waals surface area (Å²) in [6, 6.07) is 61.5. The number of methoxy groups -OCH3 is 1. The number of thiazole rings is 7. The van der Waals surface area contributed by atoms with Crippen molar-refractivity contribution in [3.05, 3.63) is 281 Å². The van der Waals surface area contributed by atoms with E-state index in [1.807, 2.05) is 67.6 Å². The Bertz CT molecular complexity index is 5920. The van der Waals surface area contributed by atoms with Crippen LogP contribution in [0.5, 0.6) is 5.75 Å². The highest BCUT2D eigenvalue weighted by Crippen LogP contribution is 2.36. The van der Waals surface area contributed by atoms with Gasteiger partial charge >= 0.3 is 6.03 Å². The molecule has 13 aromatic rings. The lowest BCUT2D eigenvalue weighted by molar-refractivity contribution is -0.115. The molecular formula is C112H147N23O8S7. The molecule has 5 fully saturated rings. The number of carbonyl (C=O) groups is 7. The van der Waals surface area contributed by atoms with Crippen molar-refractivity contribution in [3.63, 3.8) is 0 Å². The van der Waals surface area contributed by atoms with E-state index < -0.39 is 0 Å². The summed E-state index contributed by atoms with van der Waals surface area (Å²) < 4.78 is 5.23. The number of para-hydroxylation sites is 1. The third-order valence-corrected chi connectivity index (χ3v) is 32.0. The molecule has 0 saturated carbocycles. The number of urea groups is 1. The molecule has 800 valence electrons. The molecule has 18 rings (SSSR count). The van der Waals surface area contributed by atoms with Gasteiger partial charge in [0.1, 0.15) is 5.75 Å². The van der Waals surface area contributed by atoms with Gasteiger partial charge in [-0.15, -0.1) is 79.4 Å². The van der Waals surface area contributed by atoms with Gasteiger partial charge in [0.2, 0.25) is 35.4 Å². The number of rotatable bonds is 34. The first-order chi connectivity index (χ1) is 72.7. The molecule has 8 amide bonds. The molecule has 0 spiro atoms. The van der Waals surface area contributed by atoms with Crippen molar-refractivity contribution in [3.8, 4) is 5.75 Å². The molecule has 150 heavy (non-hydrogen) atoms. The Morgan fingerprint density at radius 1 is 0.320 bits per heavy atom. The maximum atomic E-state index is 11.3. The standard InChI is InChI=1S/C18H23N3O2S.C17H22N4OS.C17H21N3OS.C16H20N4OS.2C16H21N3OS.C12H19N3OS/c1-13(22)20-18-19-11-17(24-18)12-21-9-7-15(8-10-21)14-3-5-16(23-2)6-4-14;1-18-16(22)20-17-19-11-15(23-17)12-21-9-7-14(8-10-21)13-5-3-2-4-6-13;1-13(21)19-17-18-11-16(22-17)12-20-9-7-15(8-10-20)14-5-3-2-4-6-14;1-13(21)18-16-17-11-15(22-16)12-19-7-9-20(10-8-19)14-5-3-2-4-6-14;2*1-13(20)18-16-17-11-15(21-16)12-19(2)10-6-9-14-7-4-3-5-8-14;1-9-3-5-15(6-4-9)8-11-7-13-12(17-11)14-10(2)16/h3-6,11,15H,7-10,12H2,1-2H3,(H,19,20,22);2-6,11,14H,7-10,12H2,1H3,(H2,18,19,20,22);2-6,11,15H,7-10,12H2,1H3,(H,18,19,21);2-6,11H,7-10,12H2,1H3,(H,17,18,21);2*3-5,7-8,11H,6,9-10,12H2,1-2H3,(H,17,18,20);7,9H,3-6,8H2,1-2H3,(H,13,14,16). The number of carbonyl (C=O) groups excluding carboxylic acids is 7. The van der Waals surface area contributed by atoms with Gasteiger partial charge in [-0.25, -0.2) is 39.7 Å². The molecule has 31 nitrogen and oxygen atoms in total. The quantitative estimate of drug-likeness (QED) is 0.0186. The van der Waals surface area contributed by atoms with Crippen LogP contribution in [0.1, 0.15) is 192 Å². The first-order valence-electron chi connectivity index (χ1n) is 51.6. The predicted octanol–water partition coefficient (Wildman–Crippen LogP) is 21.3. The summed E-state index contributed by atoms with van der Waals surface area (Å²) in [6.07, 6.45) is 27.2. The molecule has 0 aliphatic carbocycles. The van der Waals surface area contributed by atoms with Crippen molar-refractivity contribution < 1.29 is 38.3 Å². The minimum absolute atomic E-state index is 0.0577. The lowest BCUT2D eigenvalue weighted by Crippen LogP contribution is -2.45. The summed E-state index contributed by atoms with van der Waals surface area (Å²) in [5.41, 5.74) is 8.40. The molecule has 5 aliphatic rings. The van der Waals surface area contributed by atoms with Crippen LogP contribution in [-0.4, -0.2) is 231 Å². The van der Waals surface area contributed by atoms with Gasteiger partial charge in [0, 0.05) is 204 Å². The minimum Gasteiger partial charge on any atom is -0.497 e. The lowest BCUT2D eigenvalue weighted by Gasteiger charge is -2.35. The van der Waals surface area contributed by atoms with Gasteiger partial charge in [0.05, 0.1) is 7.11 Å². The lowest BCUT2D eigenvalue weighted by atomic mass is 9.89. The highest BCUT2D eigenvalue weighted by Gasteiger charge is 2.27.